The largest absolute Gasteiger partial charge is 0.493 e. The first-order valence-corrected chi connectivity index (χ1v) is 12.3. The Labute approximate surface area is 201 Å². The fourth-order valence-corrected chi connectivity index (χ4v) is 5.36. The number of hydrogen-bond donors (Lipinski definition) is 0. The Kier molecular flexibility index (Phi) is 7.06. The van der Waals surface area contributed by atoms with Crippen LogP contribution in [0.15, 0.2) is 48.5 Å². The molecule has 8 heteroatoms. The summed E-state index contributed by atoms with van der Waals surface area (Å²) in [6.07, 6.45) is 4.76. The summed E-state index contributed by atoms with van der Waals surface area (Å²) in [5.74, 6) is 2.39. The Balaban J connectivity index is 1.42. The normalized spacial score (nSPS) is 18.8. The number of tetrazole rings is 1. The van der Waals surface area contributed by atoms with Gasteiger partial charge in [-0.25, -0.2) is 4.68 Å². The maximum atomic E-state index is 5.64. The summed E-state index contributed by atoms with van der Waals surface area (Å²) in [5.41, 5.74) is 2.49. The molecule has 1 atom stereocenters. The lowest BCUT2D eigenvalue weighted by Gasteiger charge is -2.39. The molecule has 0 spiro atoms. The molecule has 1 aliphatic heterocycles. The van der Waals surface area contributed by atoms with E-state index in [1.807, 2.05) is 6.07 Å². The van der Waals surface area contributed by atoms with E-state index < -0.39 is 0 Å². The van der Waals surface area contributed by atoms with E-state index in [0.29, 0.717) is 6.04 Å². The van der Waals surface area contributed by atoms with Crippen LogP contribution in [0, 0.1) is 0 Å². The summed E-state index contributed by atoms with van der Waals surface area (Å²) >= 11 is 0. The van der Waals surface area contributed by atoms with Crippen LogP contribution in [0.25, 0.3) is 0 Å². The molecule has 2 fully saturated rings. The lowest BCUT2D eigenvalue weighted by molar-refractivity contribution is 0.0992. The van der Waals surface area contributed by atoms with Crippen molar-refractivity contribution in [3.63, 3.8) is 0 Å². The smallest absolute Gasteiger partial charge is 0.173 e. The highest BCUT2D eigenvalue weighted by Crippen LogP contribution is 2.37. The Morgan fingerprint density at radius 2 is 1.65 bits per heavy atom. The van der Waals surface area contributed by atoms with Crippen molar-refractivity contribution in [3.05, 3.63) is 65.5 Å². The van der Waals surface area contributed by atoms with Gasteiger partial charge in [-0.2, -0.15) is 0 Å². The second-order valence-corrected chi connectivity index (χ2v) is 9.23. The SMILES string of the molecule is COc1ccc([C@@H](c2nnnn2C2CCCC2)N2CCN(Cc3ccccc3)CC2)cc1OC. The van der Waals surface area contributed by atoms with E-state index in [-0.39, 0.29) is 6.04 Å². The molecule has 2 aromatic carbocycles. The fourth-order valence-electron chi connectivity index (χ4n) is 5.36. The standard InChI is InChI=1S/C26H34N6O2/c1-33-23-13-12-21(18-24(23)34-2)25(26-27-28-29-32(26)22-10-6-7-11-22)31-16-14-30(15-17-31)19-20-8-4-3-5-9-20/h3-5,8-9,12-13,18,22,25H,6-7,10-11,14-17,19H2,1-2H3/t25-/m0/s1. The summed E-state index contributed by atoms with van der Waals surface area (Å²) in [6.45, 7) is 4.88. The second-order valence-electron chi connectivity index (χ2n) is 9.23. The maximum absolute atomic E-state index is 5.64. The predicted molar refractivity (Wildman–Crippen MR) is 130 cm³/mol. The summed E-state index contributed by atoms with van der Waals surface area (Å²) in [7, 11) is 3.35. The van der Waals surface area contributed by atoms with Crippen molar-refractivity contribution >= 4 is 0 Å². The van der Waals surface area contributed by atoms with Gasteiger partial charge in [0.15, 0.2) is 17.3 Å². The fraction of sp³-hybridized carbons (Fsp3) is 0.500. The summed E-state index contributed by atoms with van der Waals surface area (Å²) < 4.78 is 13.2. The third-order valence-corrected chi connectivity index (χ3v) is 7.18. The van der Waals surface area contributed by atoms with E-state index in [2.05, 4.69) is 72.5 Å². The quantitative estimate of drug-likeness (QED) is 0.505. The van der Waals surface area contributed by atoms with Crippen LogP contribution in [0.1, 0.15) is 54.7 Å². The number of piperazine rings is 1. The molecule has 8 nitrogen and oxygen atoms in total. The monoisotopic (exact) mass is 462 g/mol. The van der Waals surface area contributed by atoms with Crippen molar-refractivity contribution in [3.8, 4) is 11.5 Å². The van der Waals surface area contributed by atoms with E-state index in [9.17, 15) is 0 Å². The van der Waals surface area contributed by atoms with Gasteiger partial charge in [0.2, 0.25) is 0 Å². The van der Waals surface area contributed by atoms with Gasteiger partial charge in [0, 0.05) is 32.7 Å². The highest BCUT2D eigenvalue weighted by Gasteiger charge is 2.33. The number of hydrogen-bond acceptors (Lipinski definition) is 7. The second kappa shape index (κ2) is 10.5. The molecule has 5 rings (SSSR count). The maximum Gasteiger partial charge on any atom is 0.173 e. The first-order chi connectivity index (χ1) is 16.8. The molecule has 3 aromatic rings. The molecule has 0 unspecified atom stereocenters. The van der Waals surface area contributed by atoms with Crippen LogP contribution in [0.2, 0.25) is 0 Å². The van der Waals surface area contributed by atoms with Crippen LogP contribution in [-0.4, -0.2) is 70.4 Å². The van der Waals surface area contributed by atoms with Crippen molar-refractivity contribution in [1.29, 1.82) is 0 Å². The lowest BCUT2D eigenvalue weighted by Crippen LogP contribution is -2.48. The van der Waals surface area contributed by atoms with Crippen molar-refractivity contribution < 1.29 is 9.47 Å². The molecule has 0 bridgehead atoms. The van der Waals surface area contributed by atoms with Gasteiger partial charge >= 0.3 is 0 Å². The van der Waals surface area contributed by atoms with E-state index in [1.54, 1.807) is 14.2 Å². The molecule has 1 aliphatic carbocycles. The van der Waals surface area contributed by atoms with E-state index >= 15 is 0 Å². The van der Waals surface area contributed by atoms with Crippen molar-refractivity contribution in [2.24, 2.45) is 0 Å². The zero-order chi connectivity index (χ0) is 23.3. The van der Waals surface area contributed by atoms with Gasteiger partial charge in [0.1, 0.15) is 0 Å². The number of nitrogens with zero attached hydrogens (tertiary/aromatic N) is 6. The molecule has 1 aromatic heterocycles. The molecule has 34 heavy (non-hydrogen) atoms. The van der Waals surface area contributed by atoms with Crippen LogP contribution >= 0.6 is 0 Å². The lowest BCUT2D eigenvalue weighted by atomic mass is 10.0. The molecule has 2 aliphatic rings. The number of ether oxygens (including phenoxy) is 2. The minimum Gasteiger partial charge on any atom is -0.493 e. The van der Waals surface area contributed by atoms with Crippen LogP contribution in [0.5, 0.6) is 11.5 Å². The minimum absolute atomic E-state index is 0.0331. The molecule has 0 amide bonds. The van der Waals surface area contributed by atoms with Crippen LogP contribution < -0.4 is 9.47 Å². The first kappa shape index (κ1) is 22.8. The highest BCUT2D eigenvalue weighted by molar-refractivity contribution is 5.45. The topological polar surface area (TPSA) is 68.5 Å². The summed E-state index contributed by atoms with van der Waals surface area (Å²) in [5, 5.41) is 13.1. The molecule has 0 N–H and O–H groups in total. The molecule has 2 heterocycles. The molecule has 1 saturated carbocycles. The third-order valence-electron chi connectivity index (χ3n) is 7.18. The molecule has 180 valence electrons. The summed E-state index contributed by atoms with van der Waals surface area (Å²) in [6, 6.07) is 17.2. The van der Waals surface area contributed by atoms with Gasteiger partial charge in [-0.05, 0) is 46.5 Å². The van der Waals surface area contributed by atoms with Crippen LogP contribution in [0.3, 0.4) is 0 Å². The van der Waals surface area contributed by atoms with Crippen LogP contribution in [0.4, 0.5) is 0 Å². The van der Waals surface area contributed by atoms with E-state index in [0.717, 1.165) is 68.5 Å². The average Bonchev–Trinajstić information content (AvgIpc) is 3.58. The molecule has 1 saturated heterocycles. The first-order valence-electron chi connectivity index (χ1n) is 12.3. The number of methoxy groups -OCH3 is 2. The number of aromatic nitrogens is 4. The minimum atomic E-state index is -0.0331. The average molecular weight is 463 g/mol. The highest BCUT2D eigenvalue weighted by atomic mass is 16.5. The van der Waals surface area contributed by atoms with E-state index in [1.165, 1.54) is 18.4 Å². The predicted octanol–water partition coefficient (Wildman–Crippen LogP) is 3.71. The molecular weight excluding hydrogens is 428 g/mol. The van der Waals surface area contributed by atoms with Crippen molar-refractivity contribution in [1.82, 2.24) is 30.0 Å². The van der Waals surface area contributed by atoms with Gasteiger partial charge in [0.25, 0.3) is 0 Å². The van der Waals surface area contributed by atoms with Gasteiger partial charge in [-0.3, -0.25) is 9.80 Å². The van der Waals surface area contributed by atoms with Gasteiger partial charge in [-0.15, -0.1) is 5.10 Å². The Bertz CT molecular complexity index is 1060. The number of benzene rings is 2. The van der Waals surface area contributed by atoms with E-state index in [4.69, 9.17) is 9.47 Å². The zero-order valence-electron chi connectivity index (χ0n) is 20.1. The van der Waals surface area contributed by atoms with Gasteiger partial charge < -0.3 is 9.47 Å². The zero-order valence-corrected chi connectivity index (χ0v) is 20.1. The Hall–Kier alpha value is -2.97. The third kappa shape index (κ3) is 4.79. The molecule has 0 radical (unpaired) electrons. The van der Waals surface area contributed by atoms with Crippen molar-refractivity contribution in [2.75, 3.05) is 40.4 Å². The number of rotatable bonds is 8. The molecular formula is C26H34N6O2. The van der Waals surface area contributed by atoms with Crippen LogP contribution in [-0.2, 0) is 6.54 Å². The van der Waals surface area contributed by atoms with Crippen molar-refractivity contribution in [2.45, 2.75) is 44.3 Å². The summed E-state index contributed by atoms with van der Waals surface area (Å²) in [4.78, 5) is 5.04. The van der Waals surface area contributed by atoms with Gasteiger partial charge in [0.05, 0.1) is 26.3 Å². The Morgan fingerprint density at radius 1 is 0.912 bits per heavy atom. The van der Waals surface area contributed by atoms with Gasteiger partial charge in [-0.1, -0.05) is 49.2 Å². The Morgan fingerprint density at radius 3 is 2.35 bits per heavy atom.